The van der Waals surface area contributed by atoms with Crippen LogP contribution in [0.5, 0.6) is 5.75 Å². The van der Waals surface area contributed by atoms with Crippen molar-refractivity contribution in [2.45, 2.75) is 13.3 Å². The van der Waals surface area contributed by atoms with Crippen molar-refractivity contribution in [3.8, 4) is 5.75 Å². The number of benzene rings is 1. The van der Waals surface area contributed by atoms with E-state index in [-0.39, 0.29) is 12.4 Å². The van der Waals surface area contributed by atoms with E-state index in [0.29, 0.717) is 0 Å². The van der Waals surface area contributed by atoms with Gasteiger partial charge < -0.3 is 9.47 Å². The van der Waals surface area contributed by atoms with Gasteiger partial charge in [-0.3, -0.25) is 4.79 Å². The summed E-state index contributed by atoms with van der Waals surface area (Å²) in [5.74, 6) is 0.558. The zero-order chi connectivity index (χ0) is 10.6. The second-order valence-corrected chi connectivity index (χ2v) is 3.06. The van der Waals surface area contributed by atoms with E-state index < -0.39 is 0 Å². The monoisotopic (exact) mass is 194 g/mol. The third kappa shape index (κ3) is 2.49. The van der Waals surface area contributed by atoms with Gasteiger partial charge in [0.05, 0.1) is 20.6 Å². The molecule has 0 aliphatic heterocycles. The predicted octanol–water partition coefficient (Wildman–Crippen LogP) is 1.72. The highest BCUT2D eigenvalue weighted by molar-refractivity contribution is 5.72. The Morgan fingerprint density at radius 3 is 2.64 bits per heavy atom. The van der Waals surface area contributed by atoms with E-state index in [1.165, 1.54) is 7.11 Å². The van der Waals surface area contributed by atoms with E-state index in [1.54, 1.807) is 7.11 Å². The number of rotatable bonds is 3. The number of esters is 1. The Kier molecular flexibility index (Phi) is 3.51. The number of ether oxygens (including phenoxy) is 2. The predicted molar refractivity (Wildman–Crippen MR) is 53.5 cm³/mol. The van der Waals surface area contributed by atoms with Gasteiger partial charge in [0.25, 0.3) is 0 Å². The van der Waals surface area contributed by atoms with Crippen LogP contribution in [0.3, 0.4) is 0 Å². The van der Waals surface area contributed by atoms with Crippen LogP contribution in [0, 0.1) is 6.92 Å². The molecule has 0 aliphatic carbocycles. The van der Waals surface area contributed by atoms with Gasteiger partial charge in [-0.1, -0.05) is 12.1 Å². The largest absolute Gasteiger partial charge is 0.496 e. The van der Waals surface area contributed by atoms with E-state index in [0.717, 1.165) is 16.9 Å². The zero-order valence-electron chi connectivity index (χ0n) is 8.66. The second-order valence-electron chi connectivity index (χ2n) is 3.06. The van der Waals surface area contributed by atoms with Crippen LogP contribution in [0.2, 0.25) is 0 Å². The molecule has 1 aromatic rings. The van der Waals surface area contributed by atoms with Crippen LogP contribution in [0.4, 0.5) is 0 Å². The number of aryl methyl sites for hydroxylation is 1. The highest BCUT2D eigenvalue weighted by Crippen LogP contribution is 2.19. The minimum Gasteiger partial charge on any atom is -0.496 e. The standard InChI is InChI=1S/C11H14O3/c1-8-4-5-9(6-10(8)13-2)7-11(12)14-3/h4-6H,7H2,1-3H3. The summed E-state index contributed by atoms with van der Waals surface area (Å²) in [4.78, 5) is 11.0. The molecular weight excluding hydrogens is 180 g/mol. The number of hydrogen-bond donors (Lipinski definition) is 0. The Bertz CT molecular complexity index is 331. The molecule has 0 N–H and O–H groups in total. The van der Waals surface area contributed by atoms with Crippen LogP contribution >= 0.6 is 0 Å². The molecule has 0 radical (unpaired) electrons. The maximum atomic E-state index is 11.0. The van der Waals surface area contributed by atoms with Crippen LogP contribution in [0.15, 0.2) is 18.2 Å². The van der Waals surface area contributed by atoms with Gasteiger partial charge >= 0.3 is 5.97 Å². The van der Waals surface area contributed by atoms with Crippen molar-refractivity contribution < 1.29 is 14.3 Å². The summed E-state index contributed by atoms with van der Waals surface area (Å²) in [5, 5.41) is 0. The van der Waals surface area contributed by atoms with Crippen LogP contribution < -0.4 is 4.74 Å². The highest BCUT2D eigenvalue weighted by Gasteiger charge is 2.05. The molecule has 0 saturated carbocycles. The molecular formula is C11H14O3. The van der Waals surface area contributed by atoms with Gasteiger partial charge in [0, 0.05) is 0 Å². The lowest BCUT2D eigenvalue weighted by Crippen LogP contribution is -2.04. The molecule has 0 saturated heterocycles. The van der Waals surface area contributed by atoms with E-state index in [1.807, 2.05) is 25.1 Å². The molecule has 0 bridgehead atoms. The Labute approximate surface area is 83.6 Å². The first kappa shape index (κ1) is 10.6. The quantitative estimate of drug-likeness (QED) is 0.687. The van der Waals surface area contributed by atoms with E-state index in [2.05, 4.69) is 4.74 Å². The Morgan fingerprint density at radius 2 is 2.07 bits per heavy atom. The van der Waals surface area contributed by atoms with Crippen molar-refractivity contribution in [2.75, 3.05) is 14.2 Å². The van der Waals surface area contributed by atoms with Gasteiger partial charge in [-0.25, -0.2) is 0 Å². The lowest BCUT2D eigenvalue weighted by molar-refractivity contribution is -0.139. The summed E-state index contributed by atoms with van der Waals surface area (Å²) in [6, 6.07) is 5.68. The highest BCUT2D eigenvalue weighted by atomic mass is 16.5. The summed E-state index contributed by atoms with van der Waals surface area (Å²) >= 11 is 0. The van der Waals surface area contributed by atoms with Crippen LogP contribution in [-0.2, 0) is 16.0 Å². The van der Waals surface area contributed by atoms with E-state index in [4.69, 9.17) is 4.74 Å². The molecule has 3 nitrogen and oxygen atoms in total. The molecule has 0 aliphatic rings. The molecule has 0 spiro atoms. The van der Waals surface area contributed by atoms with Gasteiger partial charge in [-0.05, 0) is 24.1 Å². The maximum Gasteiger partial charge on any atom is 0.309 e. The van der Waals surface area contributed by atoms with Gasteiger partial charge in [-0.15, -0.1) is 0 Å². The summed E-state index contributed by atoms with van der Waals surface area (Å²) < 4.78 is 9.73. The van der Waals surface area contributed by atoms with Crippen LogP contribution in [0.1, 0.15) is 11.1 Å². The second kappa shape index (κ2) is 4.65. The summed E-state index contributed by atoms with van der Waals surface area (Å²) in [5.41, 5.74) is 1.96. The minimum atomic E-state index is -0.240. The van der Waals surface area contributed by atoms with Crippen LogP contribution in [0.25, 0.3) is 0 Å². The molecule has 0 heterocycles. The normalized spacial score (nSPS) is 9.64. The smallest absolute Gasteiger partial charge is 0.309 e. The third-order valence-electron chi connectivity index (χ3n) is 2.05. The topological polar surface area (TPSA) is 35.5 Å². The van der Waals surface area contributed by atoms with E-state index >= 15 is 0 Å². The summed E-state index contributed by atoms with van der Waals surface area (Å²) in [6.45, 7) is 1.96. The van der Waals surface area contributed by atoms with Crippen molar-refractivity contribution in [1.82, 2.24) is 0 Å². The number of carbonyl (C=O) groups is 1. The van der Waals surface area contributed by atoms with Gasteiger partial charge in [0.1, 0.15) is 5.75 Å². The van der Waals surface area contributed by atoms with Gasteiger partial charge in [0.15, 0.2) is 0 Å². The lowest BCUT2D eigenvalue weighted by atomic mass is 10.1. The third-order valence-corrected chi connectivity index (χ3v) is 2.05. The van der Waals surface area contributed by atoms with Gasteiger partial charge in [0.2, 0.25) is 0 Å². The fraction of sp³-hybridized carbons (Fsp3) is 0.364. The summed E-state index contributed by atoms with van der Waals surface area (Å²) in [7, 11) is 3.00. The Balaban J connectivity index is 2.84. The average Bonchev–Trinajstić information content (AvgIpc) is 2.20. The van der Waals surface area contributed by atoms with Gasteiger partial charge in [-0.2, -0.15) is 0 Å². The molecule has 76 valence electrons. The molecule has 0 fully saturated rings. The van der Waals surface area contributed by atoms with Crippen molar-refractivity contribution in [3.63, 3.8) is 0 Å². The maximum absolute atomic E-state index is 11.0. The fourth-order valence-corrected chi connectivity index (χ4v) is 1.21. The molecule has 3 heteroatoms. The fourth-order valence-electron chi connectivity index (χ4n) is 1.21. The zero-order valence-corrected chi connectivity index (χ0v) is 8.66. The van der Waals surface area contributed by atoms with E-state index in [9.17, 15) is 4.79 Å². The number of methoxy groups -OCH3 is 2. The first-order chi connectivity index (χ1) is 6.67. The molecule has 0 atom stereocenters. The molecule has 1 aromatic carbocycles. The average molecular weight is 194 g/mol. The number of hydrogen-bond acceptors (Lipinski definition) is 3. The number of carbonyl (C=O) groups excluding carboxylic acids is 1. The molecule has 1 rings (SSSR count). The van der Waals surface area contributed by atoms with Crippen LogP contribution in [-0.4, -0.2) is 20.2 Å². The summed E-state index contributed by atoms with van der Waals surface area (Å²) in [6.07, 6.45) is 0.285. The van der Waals surface area contributed by atoms with Crippen molar-refractivity contribution in [1.29, 1.82) is 0 Å². The SMILES string of the molecule is COC(=O)Cc1ccc(C)c(OC)c1. The molecule has 14 heavy (non-hydrogen) atoms. The molecule has 0 unspecified atom stereocenters. The van der Waals surface area contributed by atoms with Crippen molar-refractivity contribution in [3.05, 3.63) is 29.3 Å². The van der Waals surface area contributed by atoms with Crippen molar-refractivity contribution in [2.24, 2.45) is 0 Å². The van der Waals surface area contributed by atoms with Crippen molar-refractivity contribution >= 4 is 5.97 Å². The minimum absolute atomic E-state index is 0.240. The Hall–Kier alpha value is -1.51. The first-order valence-corrected chi connectivity index (χ1v) is 4.37. The molecule has 0 amide bonds. The first-order valence-electron chi connectivity index (χ1n) is 4.37. The lowest BCUT2D eigenvalue weighted by Gasteiger charge is -2.06. The molecule has 0 aromatic heterocycles. The Morgan fingerprint density at radius 1 is 1.36 bits per heavy atom.